The van der Waals surface area contributed by atoms with Crippen LogP contribution in [-0.4, -0.2) is 29.5 Å². The van der Waals surface area contributed by atoms with Crippen molar-refractivity contribution in [3.05, 3.63) is 83.4 Å². The molecule has 0 saturated carbocycles. The fourth-order valence-electron chi connectivity index (χ4n) is 2.56. The predicted molar refractivity (Wildman–Crippen MR) is 106 cm³/mol. The van der Waals surface area contributed by atoms with Gasteiger partial charge in [0.2, 0.25) is 0 Å². The molecule has 0 aliphatic heterocycles. The maximum absolute atomic E-state index is 11.0. The molecule has 0 spiro atoms. The molecular formula is C22H19NO5. The number of hydrogen-bond donors (Lipinski definition) is 2. The van der Waals surface area contributed by atoms with Gasteiger partial charge in [-0.1, -0.05) is 30.3 Å². The number of hydrogen-bond acceptors (Lipinski definition) is 5. The second kappa shape index (κ2) is 8.73. The average molecular weight is 377 g/mol. The molecule has 0 saturated heterocycles. The summed E-state index contributed by atoms with van der Waals surface area (Å²) < 4.78 is 11.3. The number of phenols is 1. The number of aliphatic imine (C=N–C) groups is 1. The van der Waals surface area contributed by atoms with Gasteiger partial charge in [0.25, 0.3) is 0 Å². The van der Waals surface area contributed by atoms with Crippen LogP contribution < -0.4 is 9.47 Å². The van der Waals surface area contributed by atoms with Crippen molar-refractivity contribution in [2.75, 3.05) is 7.11 Å². The molecule has 2 N–H and O–H groups in total. The molecule has 142 valence electrons. The van der Waals surface area contributed by atoms with Gasteiger partial charge in [0.1, 0.15) is 18.0 Å². The molecule has 6 heteroatoms. The maximum Gasteiger partial charge on any atom is 0.335 e. The van der Waals surface area contributed by atoms with E-state index in [2.05, 4.69) is 4.99 Å². The molecule has 3 aromatic rings. The lowest BCUT2D eigenvalue weighted by atomic mass is 10.1. The Morgan fingerprint density at radius 3 is 2.46 bits per heavy atom. The first kappa shape index (κ1) is 19.0. The molecule has 0 aliphatic carbocycles. The summed E-state index contributed by atoms with van der Waals surface area (Å²) in [5.41, 5.74) is 2.17. The highest BCUT2D eigenvalue weighted by atomic mass is 16.5. The van der Waals surface area contributed by atoms with E-state index in [1.807, 2.05) is 12.1 Å². The van der Waals surface area contributed by atoms with E-state index in [4.69, 9.17) is 14.6 Å². The predicted octanol–water partition coefficient (Wildman–Crippen LogP) is 4.43. The third-order valence-electron chi connectivity index (χ3n) is 4.04. The van der Waals surface area contributed by atoms with Crippen molar-refractivity contribution in [2.45, 2.75) is 6.61 Å². The summed E-state index contributed by atoms with van der Waals surface area (Å²) in [7, 11) is 1.55. The maximum atomic E-state index is 11.0. The van der Waals surface area contributed by atoms with Gasteiger partial charge in [-0.05, 0) is 42.0 Å². The number of para-hydroxylation sites is 3. The minimum Gasteiger partial charge on any atom is -0.506 e. The van der Waals surface area contributed by atoms with E-state index in [1.165, 1.54) is 12.1 Å². The van der Waals surface area contributed by atoms with Crippen LogP contribution in [0.4, 0.5) is 5.69 Å². The second-order valence-corrected chi connectivity index (χ2v) is 5.92. The molecule has 6 nitrogen and oxygen atoms in total. The highest BCUT2D eigenvalue weighted by Crippen LogP contribution is 2.32. The highest BCUT2D eigenvalue weighted by Gasteiger charge is 2.10. The van der Waals surface area contributed by atoms with Crippen molar-refractivity contribution in [1.29, 1.82) is 0 Å². The van der Waals surface area contributed by atoms with Crippen LogP contribution in [0.3, 0.4) is 0 Å². The van der Waals surface area contributed by atoms with Gasteiger partial charge >= 0.3 is 5.97 Å². The second-order valence-electron chi connectivity index (χ2n) is 5.92. The van der Waals surface area contributed by atoms with Crippen molar-refractivity contribution in [3.8, 4) is 17.2 Å². The zero-order valence-corrected chi connectivity index (χ0v) is 15.2. The Labute approximate surface area is 162 Å². The number of phenolic OH excluding ortho intramolecular Hbond substituents is 1. The lowest BCUT2D eigenvalue weighted by Gasteiger charge is -2.13. The van der Waals surface area contributed by atoms with Crippen molar-refractivity contribution >= 4 is 17.9 Å². The average Bonchev–Trinajstić information content (AvgIpc) is 2.72. The third-order valence-corrected chi connectivity index (χ3v) is 4.04. The third kappa shape index (κ3) is 4.48. The van der Waals surface area contributed by atoms with Gasteiger partial charge in [-0.15, -0.1) is 0 Å². The molecule has 0 unspecified atom stereocenters. The molecule has 0 atom stereocenters. The van der Waals surface area contributed by atoms with Crippen molar-refractivity contribution in [1.82, 2.24) is 0 Å². The minimum atomic E-state index is -0.972. The lowest BCUT2D eigenvalue weighted by Crippen LogP contribution is -2.02. The lowest BCUT2D eigenvalue weighted by molar-refractivity contribution is 0.0697. The Morgan fingerprint density at radius 2 is 1.79 bits per heavy atom. The van der Waals surface area contributed by atoms with Crippen LogP contribution in [0.2, 0.25) is 0 Å². The fourth-order valence-corrected chi connectivity index (χ4v) is 2.56. The van der Waals surface area contributed by atoms with Crippen molar-refractivity contribution < 1.29 is 24.5 Å². The molecule has 3 aromatic carbocycles. The number of rotatable bonds is 7. The molecule has 0 heterocycles. The van der Waals surface area contributed by atoms with E-state index in [0.29, 0.717) is 22.7 Å². The first-order chi connectivity index (χ1) is 13.6. The Morgan fingerprint density at radius 1 is 1.04 bits per heavy atom. The number of aromatic hydroxyl groups is 1. The fraction of sp³-hybridized carbons (Fsp3) is 0.0909. The van der Waals surface area contributed by atoms with Gasteiger partial charge in [0.05, 0.1) is 12.7 Å². The number of nitrogens with zero attached hydrogens (tertiary/aromatic N) is 1. The number of aromatic carboxylic acids is 1. The Balaban J connectivity index is 1.83. The van der Waals surface area contributed by atoms with Crippen LogP contribution in [0.1, 0.15) is 21.5 Å². The summed E-state index contributed by atoms with van der Waals surface area (Å²) in [6, 6.07) is 18.7. The van der Waals surface area contributed by atoms with Gasteiger partial charge in [0, 0.05) is 11.8 Å². The van der Waals surface area contributed by atoms with Crippen LogP contribution in [0.5, 0.6) is 17.2 Å². The molecule has 0 fully saturated rings. The summed E-state index contributed by atoms with van der Waals surface area (Å²) in [6.45, 7) is 0.234. The normalized spacial score (nSPS) is 10.8. The number of carbonyl (C=O) groups is 1. The molecule has 3 rings (SSSR count). The number of methoxy groups -OCH3 is 1. The standard InChI is InChI=1S/C22H19NO5/c1-27-20-8-4-5-17(13-23-18-6-2-3-7-19(18)24)21(20)28-14-15-9-11-16(12-10-15)22(25)26/h2-13,24H,14H2,1H3,(H,25,26). The van der Waals surface area contributed by atoms with Gasteiger partial charge in [-0.25, -0.2) is 4.79 Å². The quantitative estimate of drug-likeness (QED) is 0.595. The molecule has 28 heavy (non-hydrogen) atoms. The molecule has 0 aromatic heterocycles. The highest BCUT2D eigenvalue weighted by molar-refractivity contribution is 5.88. The van der Waals surface area contributed by atoms with Gasteiger partial charge in [-0.2, -0.15) is 0 Å². The first-order valence-electron chi connectivity index (χ1n) is 8.52. The van der Waals surface area contributed by atoms with E-state index in [9.17, 15) is 9.90 Å². The molecule has 0 amide bonds. The SMILES string of the molecule is COc1cccc(C=Nc2ccccc2O)c1OCc1ccc(C(=O)O)cc1. The van der Waals surface area contributed by atoms with E-state index in [0.717, 1.165) is 5.56 Å². The van der Waals surface area contributed by atoms with E-state index >= 15 is 0 Å². The largest absolute Gasteiger partial charge is 0.506 e. The van der Waals surface area contributed by atoms with Gasteiger partial charge in [-0.3, -0.25) is 4.99 Å². The summed E-state index contributed by atoms with van der Waals surface area (Å²) in [5.74, 6) is 0.164. The van der Waals surface area contributed by atoms with Crippen LogP contribution in [0.25, 0.3) is 0 Å². The smallest absolute Gasteiger partial charge is 0.335 e. The molecule has 0 radical (unpaired) electrons. The topological polar surface area (TPSA) is 88.4 Å². The van der Waals surface area contributed by atoms with Crippen molar-refractivity contribution in [2.24, 2.45) is 4.99 Å². The van der Waals surface area contributed by atoms with E-state index in [1.54, 1.807) is 55.8 Å². The number of ether oxygens (including phenoxy) is 2. The van der Waals surface area contributed by atoms with Crippen LogP contribution >= 0.6 is 0 Å². The van der Waals surface area contributed by atoms with Crippen molar-refractivity contribution in [3.63, 3.8) is 0 Å². The van der Waals surface area contributed by atoms with Crippen LogP contribution in [0, 0.1) is 0 Å². The number of benzene rings is 3. The van der Waals surface area contributed by atoms with Gasteiger partial charge < -0.3 is 19.7 Å². The van der Waals surface area contributed by atoms with Crippen LogP contribution in [0.15, 0.2) is 71.7 Å². The Bertz CT molecular complexity index is 996. The molecule has 0 bridgehead atoms. The molecule has 0 aliphatic rings. The summed E-state index contributed by atoms with van der Waals surface area (Å²) in [6.07, 6.45) is 1.60. The zero-order valence-electron chi connectivity index (χ0n) is 15.2. The number of carboxylic acids is 1. The first-order valence-corrected chi connectivity index (χ1v) is 8.52. The van der Waals surface area contributed by atoms with Gasteiger partial charge in [0.15, 0.2) is 11.5 Å². The number of carboxylic acid groups (broad SMARTS) is 1. The summed E-state index contributed by atoms with van der Waals surface area (Å²) in [5, 5.41) is 18.8. The summed E-state index contributed by atoms with van der Waals surface area (Å²) >= 11 is 0. The van der Waals surface area contributed by atoms with Crippen LogP contribution in [-0.2, 0) is 6.61 Å². The van der Waals surface area contributed by atoms with E-state index in [-0.39, 0.29) is 17.9 Å². The Kier molecular flexibility index (Phi) is 5.91. The Hall–Kier alpha value is -3.80. The minimum absolute atomic E-state index is 0.0858. The monoisotopic (exact) mass is 377 g/mol. The molecular weight excluding hydrogens is 358 g/mol. The summed E-state index contributed by atoms with van der Waals surface area (Å²) in [4.78, 5) is 15.3. The van der Waals surface area contributed by atoms with E-state index < -0.39 is 5.97 Å². The zero-order chi connectivity index (χ0) is 19.9.